The lowest BCUT2D eigenvalue weighted by Gasteiger charge is -2.39. The third-order valence-electron chi connectivity index (χ3n) is 5.99. The van der Waals surface area contributed by atoms with Crippen LogP contribution in [0.4, 0.5) is 4.39 Å². The highest BCUT2D eigenvalue weighted by Gasteiger charge is 2.31. The summed E-state index contributed by atoms with van der Waals surface area (Å²) >= 11 is 0. The summed E-state index contributed by atoms with van der Waals surface area (Å²) in [6.07, 6.45) is 6.28. The number of halogens is 1. The Morgan fingerprint density at radius 3 is 2.64 bits per heavy atom. The zero-order valence-electron chi connectivity index (χ0n) is 15.6. The first-order valence-corrected chi connectivity index (χ1v) is 9.59. The third kappa shape index (κ3) is 4.01. The van der Waals surface area contributed by atoms with Gasteiger partial charge in [-0.2, -0.15) is 0 Å². The van der Waals surface area contributed by atoms with E-state index in [4.69, 9.17) is 0 Å². The molecule has 2 N–H and O–H groups in total. The summed E-state index contributed by atoms with van der Waals surface area (Å²) in [5, 5.41) is 8.35. The predicted molar refractivity (Wildman–Crippen MR) is 102 cm³/mol. The van der Waals surface area contributed by atoms with Crippen molar-refractivity contribution in [2.45, 2.75) is 58.0 Å². The summed E-state index contributed by atoms with van der Waals surface area (Å²) in [4.78, 5) is 4.44. The maximum atomic E-state index is 13.9. The van der Waals surface area contributed by atoms with Crippen molar-refractivity contribution in [1.82, 2.24) is 15.6 Å². The Labute approximate surface area is 150 Å². The minimum atomic E-state index is -0.195. The second-order valence-electron chi connectivity index (χ2n) is 7.54. The molecule has 1 aliphatic rings. The average molecular weight is 343 g/mol. The lowest BCUT2D eigenvalue weighted by molar-refractivity contribution is 0.211. The van der Waals surface area contributed by atoms with Crippen LogP contribution in [0.15, 0.2) is 30.5 Å². The Kier molecular flexibility index (Phi) is 5.70. The van der Waals surface area contributed by atoms with E-state index < -0.39 is 0 Å². The van der Waals surface area contributed by atoms with Gasteiger partial charge in [-0.3, -0.25) is 4.98 Å². The average Bonchev–Trinajstić information content (AvgIpc) is 2.66. The van der Waals surface area contributed by atoms with Gasteiger partial charge in [0.25, 0.3) is 0 Å². The van der Waals surface area contributed by atoms with Gasteiger partial charge in [-0.15, -0.1) is 0 Å². The highest BCUT2D eigenvalue weighted by atomic mass is 19.1. The second kappa shape index (κ2) is 7.79. The molecule has 1 saturated heterocycles. The lowest BCUT2D eigenvalue weighted by atomic mass is 9.82. The number of piperidine rings is 1. The molecule has 0 aliphatic carbocycles. The SMILES string of the molecule is CCC(C)(CC)NC(c1ccnc2ccc(F)cc12)C1CCNCC1. The Morgan fingerprint density at radius 1 is 1.24 bits per heavy atom. The maximum absolute atomic E-state index is 13.9. The summed E-state index contributed by atoms with van der Waals surface area (Å²) in [6, 6.07) is 7.22. The zero-order valence-corrected chi connectivity index (χ0v) is 15.6. The summed E-state index contributed by atoms with van der Waals surface area (Å²) in [6.45, 7) is 8.87. The molecule has 1 aromatic heterocycles. The Balaban J connectivity index is 2.06. The van der Waals surface area contributed by atoms with Crippen LogP contribution in [-0.2, 0) is 0 Å². The van der Waals surface area contributed by atoms with E-state index in [-0.39, 0.29) is 17.4 Å². The van der Waals surface area contributed by atoms with Crippen LogP contribution >= 0.6 is 0 Å². The fraction of sp³-hybridized carbons (Fsp3) is 0.571. The fourth-order valence-corrected chi connectivity index (χ4v) is 3.87. The smallest absolute Gasteiger partial charge is 0.123 e. The van der Waals surface area contributed by atoms with Gasteiger partial charge in [0, 0.05) is 23.2 Å². The minimum absolute atomic E-state index is 0.0818. The van der Waals surface area contributed by atoms with Crippen molar-refractivity contribution in [3.8, 4) is 0 Å². The summed E-state index contributed by atoms with van der Waals surface area (Å²) < 4.78 is 13.9. The Hall–Kier alpha value is -1.52. The number of aromatic nitrogens is 1. The molecule has 0 amide bonds. The fourth-order valence-electron chi connectivity index (χ4n) is 3.87. The third-order valence-corrected chi connectivity index (χ3v) is 5.99. The van der Waals surface area contributed by atoms with E-state index in [1.165, 1.54) is 11.6 Å². The van der Waals surface area contributed by atoms with Crippen LogP contribution in [0.2, 0.25) is 0 Å². The molecule has 25 heavy (non-hydrogen) atoms. The number of hydrogen-bond donors (Lipinski definition) is 2. The van der Waals surface area contributed by atoms with Gasteiger partial charge in [0.1, 0.15) is 5.82 Å². The first-order valence-electron chi connectivity index (χ1n) is 9.59. The van der Waals surface area contributed by atoms with E-state index in [2.05, 4.69) is 42.5 Å². The topological polar surface area (TPSA) is 37.0 Å². The van der Waals surface area contributed by atoms with Crippen LogP contribution < -0.4 is 10.6 Å². The number of benzene rings is 1. The summed E-state index contributed by atoms with van der Waals surface area (Å²) in [5.74, 6) is 0.354. The van der Waals surface area contributed by atoms with Gasteiger partial charge < -0.3 is 10.6 Å². The molecule has 3 nitrogen and oxygen atoms in total. The van der Waals surface area contributed by atoms with E-state index >= 15 is 0 Å². The lowest BCUT2D eigenvalue weighted by Crippen LogP contribution is -2.47. The van der Waals surface area contributed by atoms with Gasteiger partial charge in [-0.05, 0) is 81.4 Å². The maximum Gasteiger partial charge on any atom is 0.123 e. The van der Waals surface area contributed by atoms with E-state index in [1.54, 1.807) is 12.1 Å². The molecule has 2 heterocycles. The van der Waals surface area contributed by atoms with Gasteiger partial charge in [0.2, 0.25) is 0 Å². The molecule has 0 spiro atoms. The molecular formula is C21H30FN3. The minimum Gasteiger partial charge on any atom is -0.317 e. The van der Waals surface area contributed by atoms with Crippen LogP contribution in [0.1, 0.15) is 58.1 Å². The molecule has 1 unspecified atom stereocenters. The number of nitrogens with zero attached hydrogens (tertiary/aromatic N) is 1. The van der Waals surface area contributed by atoms with E-state index in [0.29, 0.717) is 5.92 Å². The highest BCUT2D eigenvalue weighted by molar-refractivity contribution is 5.82. The molecule has 4 heteroatoms. The van der Waals surface area contributed by atoms with Crippen molar-refractivity contribution in [1.29, 1.82) is 0 Å². The van der Waals surface area contributed by atoms with Gasteiger partial charge in [-0.25, -0.2) is 4.39 Å². The molecule has 136 valence electrons. The van der Waals surface area contributed by atoms with Gasteiger partial charge in [0.15, 0.2) is 0 Å². The Bertz CT molecular complexity index is 705. The second-order valence-corrected chi connectivity index (χ2v) is 7.54. The molecule has 0 bridgehead atoms. The molecule has 1 atom stereocenters. The van der Waals surface area contributed by atoms with Crippen molar-refractivity contribution in [3.63, 3.8) is 0 Å². The summed E-state index contributed by atoms with van der Waals surface area (Å²) in [5.41, 5.74) is 2.14. The standard InChI is InChI=1S/C21H30FN3/c1-4-21(3,5-2)25-20(15-8-11-23-12-9-15)17-10-13-24-19-7-6-16(22)14-18(17)19/h6-7,10,13-15,20,23,25H,4-5,8-9,11-12H2,1-3H3. The molecule has 0 radical (unpaired) electrons. The zero-order chi connectivity index (χ0) is 17.9. The van der Waals surface area contributed by atoms with Crippen molar-refractivity contribution in [3.05, 3.63) is 41.8 Å². The molecule has 1 fully saturated rings. The molecule has 1 aliphatic heterocycles. The quantitative estimate of drug-likeness (QED) is 0.806. The van der Waals surface area contributed by atoms with Crippen LogP contribution in [-0.4, -0.2) is 23.6 Å². The van der Waals surface area contributed by atoms with Crippen molar-refractivity contribution < 1.29 is 4.39 Å². The normalized spacial score (nSPS) is 17.8. The Morgan fingerprint density at radius 2 is 1.96 bits per heavy atom. The number of fused-ring (bicyclic) bond motifs is 1. The first-order chi connectivity index (χ1) is 12.1. The number of nitrogens with one attached hydrogen (secondary N) is 2. The van der Waals surface area contributed by atoms with E-state index in [9.17, 15) is 4.39 Å². The van der Waals surface area contributed by atoms with Crippen LogP contribution in [0.3, 0.4) is 0 Å². The monoisotopic (exact) mass is 343 g/mol. The number of pyridine rings is 1. The van der Waals surface area contributed by atoms with Crippen molar-refractivity contribution in [2.24, 2.45) is 5.92 Å². The van der Waals surface area contributed by atoms with Crippen molar-refractivity contribution in [2.75, 3.05) is 13.1 Å². The highest BCUT2D eigenvalue weighted by Crippen LogP contribution is 2.35. The first kappa shape index (κ1) is 18.3. The predicted octanol–water partition coefficient (Wildman–Crippen LogP) is 4.58. The summed E-state index contributed by atoms with van der Waals surface area (Å²) in [7, 11) is 0. The van der Waals surface area contributed by atoms with E-state index in [1.807, 2.05) is 6.20 Å². The molecular weight excluding hydrogens is 313 g/mol. The van der Waals surface area contributed by atoms with Gasteiger partial charge in [0.05, 0.1) is 5.52 Å². The van der Waals surface area contributed by atoms with Gasteiger partial charge >= 0.3 is 0 Å². The molecule has 3 rings (SSSR count). The van der Waals surface area contributed by atoms with Crippen molar-refractivity contribution >= 4 is 10.9 Å². The molecule has 1 aromatic carbocycles. The molecule has 2 aromatic rings. The van der Waals surface area contributed by atoms with E-state index in [0.717, 1.165) is 49.7 Å². The van der Waals surface area contributed by atoms with Crippen LogP contribution in [0, 0.1) is 11.7 Å². The number of hydrogen-bond acceptors (Lipinski definition) is 3. The number of rotatable bonds is 6. The van der Waals surface area contributed by atoms with Crippen LogP contribution in [0.25, 0.3) is 10.9 Å². The van der Waals surface area contributed by atoms with Crippen LogP contribution in [0.5, 0.6) is 0 Å². The van der Waals surface area contributed by atoms with Gasteiger partial charge in [-0.1, -0.05) is 13.8 Å². The molecule has 0 saturated carbocycles. The largest absolute Gasteiger partial charge is 0.317 e.